The lowest BCUT2D eigenvalue weighted by Gasteiger charge is -2.21. The van der Waals surface area contributed by atoms with Crippen molar-refractivity contribution in [3.63, 3.8) is 0 Å². The Morgan fingerprint density at radius 3 is 2.74 bits per heavy atom. The first-order chi connectivity index (χ1) is 15.2. The maximum atomic E-state index is 7.73. The van der Waals surface area contributed by atoms with Gasteiger partial charge in [-0.3, -0.25) is 5.41 Å². The van der Waals surface area contributed by atoms with Crippen LogP contribution in [-0.4, -0.2) is 27.5 Å². The molecule has 3 N–H and O–H groups in total. The highest BCUT2D eigenvalue weighted by Crippen LogP contribution is 2.32. The van der Waals surface area contributed by atoms with E-state index in [1.165, 1.54) is 0 Å². The number of nitrogens with two attached hydrogens (primary N) is 1. The van der Waals surface area contributed by atoms with Crippen molar-refractivity contribution in [2.45, 2.75) is 25.5 Å². The van der Waals surface area contributed by atoms with Crippen molar-refractivity contribution in [2.75, 3.05) is 6.54 Å². The van der Waals surface area contributed by atoms with Crippen molar-refractivity contribution in [1.82, 2.24) is 15.0 Å². The van der Waals surface area contributed by atoms with Crippen LogP contribution in [-0.2, 0) is 6.61 Å². The summed E-state index contributed by atoms with van der Waals surface area (Å²) in [6, 6.07) is 22.1. The van der Waals surface area contributed by atoms with E-state index in [-0.39, 0.29) is 12.0 Å². The van der Waals surface area contributed by atoms with E-state index in [2.05, 4.69) is 10.1 Å². The Balaban J connectivity index is 1.34. The molecule has 0 amide bonds. The molecule has 4 aromatic rings. The molecule has 5 rings (SSSR count). The smallest absolute Gasteiger partial charge is 0.249 e. The van der Waals surface area contributed by atoms with Gasteiger partial charge in [-0.05, 0) is 47.4 Å². The van der Waals surface area contributed by atoms with E-state index >= 15 is 0 Å². The molecule has 0 spiro atoms. The Kier molecular flexibility index (Phi) is 5.00. The number of nitrogens with zero attached hydrogens (tertiary/aromatic N) is 3. The molecular weight excluding hydrogens is 390 g/mol. The average molecular weight is 413 g/mol. The second-order valence-corrected chi connectivity index (χ2v) is 7.69. The van der Waals surface area contributed by atoms with Crippen molar-refractivity contribution < 1.29 is 9.26 Å². The van der Waals surface area contributed by atoms with Crippen LogP contribution in [0.4, 0.5) is 0 Å². The van der Waals surface area contributed by atoms with Gasteiger partial charge in [0, 0.05) is 12.1 Å². The molecule has 1 atom stereocenters. The van der Waals surface area contributed by atoms with Crippen LogP contribution in [0.1, 0.15) is 30.3 Å². The maximum absolute atomic E-state index is 7.73. The fourth-order valence-corrected chi connectivity index (χ4v) is 3.99. The first-order valence-corrected chi connectivity index (χ1v) is 10.3. The number of nitrogens with one attached hydrogen (secondary N) is 1. The second kappa shape index (κ2) is 8.10. The molecule has 2 heterocycles. The van der Waals surface area contributed by atoms with Crippen molar-refractivity contribution in [3.05, 3.63) is 78.2 Å². The van der Waals surface area contributed by atoms with E-state index in [0.717, 1.165) is 47.0 Å². The molecular formula is C24H23N5O2. The molecule has 0 aliphatic carbocycles. The summed E-state index contributed by atoms with van der Waals surface area (Å²) < 4.78 is 11.4. The minimum atomic E-state index is -0.122. The lowest BCUT2D eigenvalue weighted by Crippen LogP contribution is -2.35. The third-order valence-electron chi connectivity index (χ3n) is 5.61. The maximum Gasteiger partial charge on any atom is 0.249 e. The highest BCUT2D eigenvalue weighted by molar-refractivity contribution is 5.87. The van der Waals surface area contributed by atoms with Gasteiger partial charge in [-0.15, -0.1) is 0 Å². The molecule has 0 saturated carbocycles. The number of ether oxygens (including phenoxy) is 1. The van der Waals surface area contributed by atoms with Crippen LogP contribution in [0.2, 0.25) is 0 Å². The number of rotatable bonds is 5. The van der Waals surface area contributed by atoms with Gasteiger partial charge in [0.2, 0.25) is 11.7 Å². The van der Waals surface area contributed by atoms with Gasteiger partial charge in [0.15, 0.2) is 5.96 Å². The predicted molar refractivity (Wildman–Crippen MR) is 119 cm³/mol. The number of guanidine groups is 1. The lowest BCUT2D eigenvalue weighted by atomic mass is 10.1. The molecule has 3 aromatic carbocycles. The molecule has 7 nitrogen and oxygen atoms in total. The van der Waals surface area contributed by atoms with Gasteiger partial charge in [0.05, 0.1) is 0 Å². The summed E-state index contributed by atoms with van der Waals surface area (Å²) in [5.74, 6) is 1.92. The largest absolute Gasteiger partial charge is 0.489 e. The topological polar surface area (TPSA) is 101 Å². The van der Waals surface area contributed by atoms with Crippen molar-refractivity contribution in [1.29, 1.82) is 5.41 Å². The Morgan fingerprint density at radius 2 is 1.90 bits per heavy atom. The highest BCUT2D eigenvalue weighted by atomic mass is 16.5. The minimum absolute atomic E-state index is 0.0400. The Hall–Kier alpha value is -3.87. The van der Waals surface area contributed by atoms with Gasteiger partial charge in [0.25, 0.3) is 0 Å². The molecule has 7 heteroatoms. The van der Waals surface area contributed by atoms with Crippen LogP contribution in [0.15, 0.2) is 71.3 Å². The first kappa shape index (κ1) is 19.1. The number of likely N-dealkylation sites (tertiary alicyclic amines) is 1. The molecule has 1 aliphatic heterocycles. The fraction of sp³-hybridized carbons (Fsp3) is 0.208. The summed E-state index contributed by atoms with van der Waals surface area (Å²) in [5.41, 5.74) is 7.70. The highest BCUT2D eigenvalue weighted by Gasteiger charge is 2.31. The van der Waals surface area contributed by atoms with Crippen molar-refractivity contribution in [2.24, 2.45) is 5.73 Å². The Labute approximate surface area is 179 Å². The van der Waals surface area contributed by atoms with Gasteiger partial charge >= 0.3 is 0 Å². The zero-order valence-corrected chi connectivity index (χ0v) is 17.0. The van der Waals surface area contributed by atoms with Crippen molar-refractivity contribution in [3.8, 4) is 17.1 Å². The molecule has 1 aliphatic rings. The third kappa shape index (κ3) is 3.94. The van der Waals surface area contributed by atoms with Crippen LogP contribution in [0.25, 0.3) is 22.2 Å². The Morgan fingerprint density at radius 1 is 1.10 bits per heavy atom. The second-order valence-electron chi connectivity index (χ2n) is 7.69. The summed E-state index contributed by atoms with van der Waals surface area (Å²) in [6.45, 7) is 1.27. The summed E-state index contributed by atoms with van der Waals surface area (Å²) in [7, 11) is 0. The van der Waals surface area contributed by atoms with Crippen molar-refractivity contribution >= 4 is 16.7 Å². The monoisotopic (exact) mass is 413 g/mol. The average Bonchev–Trinajstić information content (AvgIpc) is 3.47. The van der Waals surface area contributed by atoms with Crippen LogP contribution < -0.4 is 10.5 Å². The van der Waals surface area contributed by atoms with E-state index in [4.69, 9.17) is 20.4 Å². The Bertz CT molecular complexity index is 1220. The summed E-state index contributed by atoms with van der Waals surface area (Å²) in [5, 5.41) is 14.0. The number of benzene rings is 3. The molecule has 1 saturated heterocycles. The quantitative estimate of drug-likeness (QED) is 0.369. The SMILES string of the molecule is N=C(N)N1CCCC1c1nc(-c2ccc3cc(OCc4ccccc4)ccc3c2)no1. The zero-order valence-electron chi connectivity index (χ0n) is 17.0. The van der Waals surface area contributed by atoms with Gasteiger partial charge in [-0.25, -0.2) is 0 Å². The zero-order chi connectivity index (χ0) is 21.2. The number of hydrogen-bond donors (Lipinski definition) is 2. The molecule has 156 valence electrons. The van der Waals surface area contributed by atoms with Gasteiger partial charge in [-0.2, -0.15) is 4.98 Å². The molecule has 1 fully saturated rings. The van der Waals surface area contributed by atoms with Crippen LogP contribution in [0.5, 0.6) is 5.75 Å². The fourth-order valence-electron chi connectivity index (χ4n) is 3.99. The van der Waals surface area contributed by atoms with E-state index < -0.39 is 0 Å². The predicted octanol–water partition coefficient (Wildman–Crippen LogP) is 4.50. The summed E-state index contributed by atoms with van der Waals surface area (Å²) in [6.07, 6.45) is 1.80. The van der Waals surface area contributed by atoms with E-state index in [1.54, 1.807) is 4.90 Å². The molecule has 0 bridgehead atoms. The van der Waals surface area contributed by atoms with Gasteiger partial charge < -0.3 is 19.9 Å². The minimum Gasteiger partial charge on any atom is -0.489 e. The van der Waals surface area contributed by atoms with Gasteiger partial charge in [0.1, 0.15) is 18.4 Å². The van der Waals surface area contributed by atoms with E-state index in [9.17, 15) is 0 Å². The summed E-state index contributed by atoms with van der Waals surface area (Å²) >= 11 is 0. The lowest BCUT2D eigenvalue weighted by molar-refractivity contribution is 0.283. The van der Waals surface area contributed by atoms with Crippen LogP contribution in [0, 0.1) is 5.41 Å². The van der Waals surface area contributed by atoms with Gasteiger partial charge in [-0.1, -0.05) is 53.7 Å². The van der Waals surface area contributed by atoms with Crippen LogP contribution >= 0.6 is 0 Å². The normalized spacial score (nSPS) is 16.0. The number of hydrogen-bond acceptors (Lipinski definition) is 5. The molecule has 0 radical (unpaired) electrons. The standard InChI is InChI=1S/C24H23N5O2/c25-24(26)29-12-4-7-21(29)23-27-22(28-31-23)19-9-8-18-14-20(11-10-17(18)13-19)30-15-16-5-2-1-3-6-16/h1-3,5-6,8-11,13-14,21H,4,7,12,15H2,(H3,25,26). The number of fused-ring (bicyclic) bond motifs is 1. The molecule has 31 heavy (non-hydrogen) atoms. The first-order valence-electron chi connectivity index (χ1n) is 10.3. The third-order valence-corrected chi connectivity index (χ3v) is 5.61. The molecule has 1 aromatic heterocycles. The number of aromatic nitrogens is 2. The van der Waals surface area contributed by atoms with E-state index in [1.807, 2.05) is 66.7 Å². The van der Waals surface area contributed by atoms with E-state index in [0.29, 0.717) is 18.3 Å². The van der Waals surface area contributed by atoms with Crippen LogP contribution in [0.3, 0.4) is 0 Å². The summed E-state index contributed by atoms with van der Waals surface area (Å²) in [4.78, 5) is 6.39. The molecule has 1 unspecified atom stereocenters.